The summed E-state index contributed by atoms with van der Waals surface area (Å²) in [6, 6.07) is 7.78. The number of nitrogens with zero attached hydrogens (tertiary/aromatic N) is 1. The van der Waals surface area contributed by atoms with Crippen LogP contribution in [-0.4, -0.2) is 16.2 Å². The molecule has 1 aliphatic rings. The largest absolute Gasteiger partial charge is 0.440 e. The monoisotopic (exact) mass is 203 g/mol. The van der Waals surface area contributed by atoms with Crippen LogP contribution in [0.2, 0.25) is 0 Å². The first-order valence-electron chi connectivity index (χ1n) is 5.36. The summed E-state index contributed by atoms with van der Waals surface area (Å²) in [4.78, 5) is 4.45. The van der Waals surface area contributed by atoms with Gasteiger partial charge in [0.25, 0.3) is 0 Å². The molecule has 3 heteroatoms. The zero-order valence-electron chi connectivity index (χ0n) is 8.39. The molecule has 1 aliphatic carbocycles. The molecule has 0 bridgehead atoms. The smallest absolute Gasteiger partial charge is 0.198 e. The van der Waals surface area contributed by atoms with E-state index in [9.17, 15) is 5.11 Å². The zero-order chi connectivity index (χ0) is 10.3. The Morgan fingerprint density at radius 2 is 2.13 bits per heavy atom. The number of aliphatic hydroxyl groups is 1. The third kappa shape index (κ3) is 1.53. The third-order valence-electron chi connectivity index (χ3n) is 3.06. The maximum absolute atomic E-state index is 9.47. The number of oxazole rings is 1. The van der Waals surface area contributed by atoms with Crippen LogP contribution in [0.3, 0.4) is 0 Å². The summed E-state index contributed by atoms with van der Waals surface area (Å²) < 4.78 is 5.68. The number of aromatic nitrogens is 1. The molecule has 15 heavy (non-hydrogen) atoms. The highest BCUT2D eigenvalue weighted by Gasteiger charge is 2.27. The van der Waals surface area contributed by atoms with Gasteiger partial charge in [0.05, 0.1) is 6.10 Å². The summed E-state index contributed by atoms with van der Waals surface area (Å²) in [6.07, 6.45) is 2.45. The lowest BCUT2D eigenvalue weighted by Crippen LogP contribution is -1.99. The first-order chi connectivity index (χ1) is 7.33. The first kappa shape index (κ1) is 8.92. The average molecular weight is 203 g/mol. The van der Waals surface area contributed by atoms with Crippen LogP contribution in [0, 0.1) is 0 Å². The van der Waals surface area contributed by atoms with Crippen LogP contribution < -0.4 is 0 Å². The highest BCUT2D eigenvalue weighted by molar-refractivity contribution is 5.72. The highest BCUT2D eigenvalue weighted by Crippen LogP contribution is 2.35. The minimum absolute atomic E-state index is 0.176. The molecule has 0 radical (unpaired) electrons. The van der Waals surface area contributed by atoms with Gasteiger partial charge in [-0.1, -0.05) is 12.1 Å². The van der Waals surface area contributed by atoms with Gasteiger partial charge < -0.3 is 9.52 Å². The lowest BCUT2D eigenvalue weighted by Gasteiger charge is -2.01. The van der Waals surface area contributed by atoms with E-state index in [2.05, 4.69) is 4.98 Å². The molecule has 0 spiro atoms. The van der Waals surface area contributed by atoms with Crippen LogP contribution in [0.25, 0.3) is 11.1 Å². The second-order valence-corrected chi connectivity index (χ2v) is 4.18. The minimum atomic E-state index is -0.176. The third-order valence-corrected chi connectivity index (χ3v) is 3.06. The zero-order valence-corrected chi connectivity index (χ0v) is 8.39. The van der Waals surface area contributed by atoms with Gasteiger partial charge in [-0.3, -0.25) is 0 Å². The van der Waals surface area contributed by atoms with Crippen LogP contribution >= 0.6 is 0 Å². The summed E-state index contributed by atoms with van der Waals surface area (Å²) in [6.45, 7) is 0. The Kier molecular flexibility index (Phi) is 1.99. The van der Waals surface area contributed by atoms with Crippen molar-refractivity contribution in [2.75, 3.05) is 0 Å². The Balaban J connectivity index is 1.98. The molecule has 2 atom stereocenters. The van der Waals surface area contributed by atoms with Crippen LogP contribution in [0.4, 0.5) is 0 Å². The predicted molar refractivity (Wildman–Crippen MR) is 56.6 cm³/mol. The standard InChI is InChI=1S/C12H13NO2/c14-9-6-5-8(7-9)12-13-10-3-1-2-4-11(10)15-12/h1-4,8-9,14H,5-7H2/t8-,9-/m0/s1. The summed E-state index contributed by atoms with van der Waals surface area (Å²) in [5, 5.41) is 9.47. The average Bonchev–Trinajstić information content (AvgIpc) is 2.82. The fourth-order valence-electron chi connectivity index (χ4n) is 2.25. The van der Waals surface area contributed by atoms with Gasteiger partial charge in [0.15, 0.2) is 11.5 Å². The van der Waals surface area contributed by atoms with Crippen molar-refractivity contribution in [3.8, 4) is 0 Å². The van der Waals surface area contributed by atoms with Crippen LogP contribution in [0.5, 0.6) is 0 Å². The maximum Gasteiger partial charge on any atom is 0.198 e. The van der Waals surface area contributed by atoms with Gasteiger partial charge >= 0.3 is 0 Å². The van der Waals surface area contributed by atoms with Gasteiger partial charge in [0.1, 0.15) is 5.52 Å². The number of benzene rings is 1. The highest BCUT2D eigenvalue weighted by atomic mass is 16.3. The molecule has 1 N–H and O–H groups in total. The lowest BCUT2D eigenvalue weighted by atomic mass is 10.1. The van der Waals surface area contributed by atoms with Crippen molar-refractivity contribution in [3.63, 3.8) is 0 Å². The Hall–Kier alpha value is -1.35. The van der Waals surface area contributed by atoms with Gasteiger partial charge in [-0.05, 0) is 31.4 Å². The number of rotatable bonds is 1. The van der Waals surface area contributed by atoms with Gasteiger partial charge in [0.2, 0.25) is 0 Å². The SMILES string of the molecule is O[C@H]1CC[C@H](c2nc3ccccc3o2)C1. The fraction of sp³-hybridized carbons (Fsp3) is 0.417. The molecule has 1 aromatic heterocycles. The molecule has 78 valence electrons. The van der Waals surface area contributed by atoms with Gasteiger partial charge in [0, 0.05) is 5.92 Å². The molecule has 0 unspecified atom stereocenters. The van der Waals surface area contributed by atoms with Crippen molar-refractivity contribution in [2.24, 2.45) is 0 Å². The fourth-order valence-corrected chi connectivity index (χ4v) is 2.25. The van der Waals surface area contributed by atoms with E-state index in [1.807, 2.05) is 24.3 Å². The van der Waals surface area contributed by atoms with E-state index in [4.69, 9.17) is 4.42 Å². The van der Waals surface area contributed by atoms with Gasteiger partial charge in [-0.2, -0.15) is 0 Å². The summed E-state index contributed by atoms with van der Waals surface area (Å²) in [5.41, 5.74) is 1.75. The van der Waals surface area contributed by atoms with E-state index in [0.717, 1.165) is 36.3 Å². The Bertz CT molecular complexity index is 444. The van der Waals surface area contributed by atoms with E-state index in [1.165, 1.54) is 0 Å². The summed E-state index contributed by atoms with van der Waals surface area (Å²) in [7, 11) is 0. The summed E-state index contributed by atoms with van der Waals surface area (Å²) >= 11 is 0. The maximum atomic E-state index is 9.47. The number of aliphatic hydroxyl groups excluding tert-OH is 1. The quantitative estimate of drug-likeness (QED) is 0.774. The van der Waals surface area contributed by atoms with Crippen LogP contribution in [0.1, 0.15) is 31.1 Å². The van der Waals surface area contributed by atoms with Crippen molar-refractivity contribution in [3.05, 3.63) is 30.2 Å². The number of para-hydroxylation sites is 2. The van der Waals surface area contributed by atoms with Crippen molar-refractivity contribution in [1.29, 1.82) is 0 Å². The molecule has 1 aromatic carbocycles. The Labute approximate surface area is 87.7 Å². The molecule has 0 saturated heterocycles. The van der Waals surface area contributed by atoms with Crippen LogP contribution in [-0.2, 0) is 0 Å². The van der Waals surface area contributed by atoms with Crippen molar-refractivity contribution in [2.45, 2.75) is 31.3 Å². The lowest BCUT2D eigenvalue weighted by molar-refractivity contribution is 0.180. The first-order valence-corrected chi connectivity index (χ1v) is 5.36. The second kappa shape index (κ2) is 3.35. The molecule has 2 aromatic rings. The molecule has 1 saturated carbocycles. The van der Waals surface area contributed by atoms with E-state index in [0.29, 0.717) is 5.92 Å². The number of hydrogen-bond acceptors (Lipinski definition) is 3. The van der Waals surface area contributed by atoms with Gasteiger partial charge in [-0.15, -0.1) is 0 Å². The van der Waals surface area contributed by atoms with Crippen molar-refractivity contribution in [1.82, 2.24) is 4.98 Å². The normalized spacial score (nSPS) is 26.2. The van der Waals surface area contributed by atoms with Crippen molar-refractivity contribution >= 4 is 11.1 Å². The number of fused-ring (bicyclic) bond motifs is 1. The molecule has 1 fully saturated rings. The summed E-state index contributed by atoms with van der Waals surface area (Å²) in [5.74, 6) is 1.08. The van der Waals surface area contributed by atoms with E-state index in [1.54, 1.807) is 0 Å². The predicted octanol–water partition coefficient (Wildman–Crippen LogP) is 2.46. The van der Waals surface area contributed by atoms with Crippen LogP contribution in [0.15, 0.2) is 28.7 Å². The molecule has 1 heterocycles. The molecule has 0 amide bonds. The Morgan fingerprint density at radius 3 is 2.87 bits per heavy atom. The Morgan fingerprint density at radius 1 is 1.27 bits per heavy atom. The molecule has 3 nitrogen and oxygen atoms in total. The van der Waals surface area contributed by atoms with E-state index < -0.39 is 0 Å². The molecule has 3 rings (SSSR count). The van der Waals surface area contributed by atoms with Gasteiger partial charge in [-0.25, -0.2) is 4.98 Å². The van der Waals surface area contributed by atoms with Crippen molar-refractivity contribution < 1.29 is 9.52 Å². The molecule has 0 aliphatic heterocycles. The number of hydrogen-bond donors (Lipinski definition) is 1. The van der Waals surface area contributed by atoms with E-state index in [-0.39, 0.29) is 6.10 Å². The minimum Gasteiger partial charge on any atom is -0.440 e. The van der Waals surface area contributed by atoms with E-state index >= 15 is 0 Å². The topological polar surface area (TPSA) is 46.3 Å². The second-order valence-electron chi connectivity index (χ2n) is 4.18. The molecular weight excluding hydrogens is 190 g/mol. The molecular formula is C12H13NO2.